The minimum absolute atomic E-state index is 0.197. The van der Waals surface area contributed by atoms with Crippen LogP contribution in [0.1, 0.15) is 33.3 Å². The zero-order chi connectivity index (χ0) is 14.3. The smallest absolute Gasteiger partial charge is 0.0206 e. The summed E-state index contributed by atoms with van der Waals surface area (Å²) >= 11 is 0. The van der Waals surface area contributed by atoms with Gasteiger partial charge in [-0.1, -0.05) is 58.0 Å². The molecule has 1 aromatic rings. The lowest BCUT2D eigenvalue weighted by atomic mass is 9.85. The summed E-state index contributed by atoms with van der Waals surface area (Å²) in [5, 5.41) is 3.54. The molecular formula is C17H30N2. The Labute approximate surface area is 118 Å². The van der Waals surface area contributed by atoms with E-state index in [0.29, 0.717) is 0 Å². The highest BCUT2D eigenvalue weighted by Gasteiger charge is 2.17. The molecule has 0 aliphatic heterocycles. The van der Waals surface area contributed by atoms with Crippen LogP contribution in [0.4, 0.5) is 0 Å². The second-order valence-electron chi connectivity index (χ2n) is 6.26. The molecule has 3 N–H and O–H groups in total. The molecular weight excluding hydrogens is 232 g/mol. The first-order valence-electron chi connectivity index (χ1n) is 7.51. The van der Waals surface area contributed by atoms with Gasteiger partial charge in [0.05, 0.1) is 0 Å². The van der Waals surface area contributed by atoms with E-state index in [1.54, 1.807) is 0 Å². The van der Waals surface area contributed by atoms with Crippen LogP contribution in [0.3, 0.4) is 0 Å². The van der Waals surface area contributed by atoms with Crippen molar-refractivity contribution in [2.24, 2.45) is 23.5 Å². The molecule has 0 aliphatic rings. The van der Waals surface area contributed by atoms with Crippen LogP contribution in [0.25, 0.3) is 0 Å². The molecule has 0 aromatic heterocycles. The fourth-order valence-electron chi connectivity index (χ4n) is 2.67. The number of nitrogens with one attached hydrogen (secondary N) is 1. The molecule has 0 amide bonds. The second kappa shape index (κ2) is 8.34. The van der Waals surface area contributed by atoms with Crippen LogP contribution in [0.15, 0.2) is 30.3 Å². The molecule has 19 heavy (non-hydrogen) atoms. The van der Waals surface area contributed by atoms with Gasteiger partial charge in [0, 0.05) is 12.6 Å². The Balaban J connectivity index is 2.28. The first-order chi connectivity index (χ1) is 9.00. The van der Waals surface area contributed by atoms with Crippen molar-refractivity contribution in [3.8, 4) is 0 Å². The van der Waals surface area contributed by atoms with Crippen LogP contribution in [-0.2, 0) is 6.42 Å². The average molecular weight is 262 g/mol. The lowest BCUT2D eigenvalue weighted by Crippen LogP contribution is -2.39. The maximum Gasteiger partial charge on any atom is 0.0206 e. The van der Waals surface area contributed by atoms with E-state index in [-0.39, 0.29) is 6.04 Å². The van der Waals surface area contributed by atoms with Gasteiger partial charge in [-0.3, -0.25) is 0 Å². The summed E-state index contributed by atoms with van der Waals surface area (Å²) in [6, 6.07) is 10.7. The van der Waals surface area contributed by atoms with Crippen LogP contribution in [0, 0.1) is 17.8 Å². The Bertz CT molecular complexity index is 324. The van der Waals surface area contributed by atoms with Gasteiger partial charge in [0.1, 0.15) is 0 Å². The predicted molar refractivity (Wildman–Crippen MR) is 84.2 cm³/mol. The third-order valence-electron chi connectivity index (χ3n) is 3.84. The minimum atomic E-state index is 0.197. The quantitative estimate of drug-likeness (QED) is 0.755. The molecule has 108 valence electrons. The molecule has 0 saturated carbocycles. The summed E-state index contributed by atoms with van der Waals surface area (Å²) in [5.41, 5.74) is 7.50. The zero-order valence-corrected chi connectivity index (χ0v) is 12.9. The molecule has 0 saturated heterocycles. The summed E-state index contributed by atoms with van der Waals surface area (Å²) in [4.78, 5) is 0. The van der Waals surface area contributed by atoms with Gasteiger partial charge in [-0.15, -0.1) is 0 Å². The summed E-state index contributed by atoms with van der Waals surface area (Å²) in [6.45, 7) is 11.2. The highest BCUT2D eigenvalue weighted by molar-refractivity contribution is 5.15. The van der Waals surface area contributed by atoms with E-state index in [1.807, 2.05) is 6.07 Å². The highest BCUT2D eigenvalue weighted by atomic mass is 14.9. The first-order valence-corrected chi connectivity index (χ1v) is 7.51. The lowest BCUT2D eigenvalue weighted by molar-refractivity contribution is 0.274. The van der Waals surface area contributed by atoms with Crippen molar-refractivity contribution >= 4 is 0 Å². The maximum atomic E-state index is 6.18. The lowest BCUT2D eigenvalue weighted by Gasteiger charge is -2.26. The summed E-state index contributed by atoms with van der Waals surface area (Å²) in [7, 11) is 0. The molecule has 2 heteroatoms. The van der Waals surface area contributed by atoms with Crippen molar-refractivity contribution in [3.63, 3.8) is 0 Å². The van der Waals surface area contributed by atoms with E-state index >= 15 is 0 Å². The Kier molecular flexibility index (Phi) is 7.11. The number of benzene rings is 1. The summed E-state index contributed by atoms with van der Waals surface area (Å²) in [6.07, 6.45) is 0.946. The Hall–Kier alpha value is -0.860. The number of nitrogens with two attached hydrogens (primary N) is 1. The number of hydrogen-bond donors (Lipinski definition) is 2. The second-order valence-corrected chi connectivity index (χ2v) is 6.26. The molecule has 1 rings (SSSR count). The van der Waals surface area contributed by atoms with Crippen LogP contribution in [0.5, 0.6) is 0 Å². The topological polar surface area (TPSA) is 38.0 Å². The fourth-order valence-corrected chi connectivity index (χ4v) is 2.67. The van der Waals surface area contributed by atoms with Crippen LogP contribution >= 0.6 is 0 Å². The van der Waals surface area contributed by atoms with E-state index in [9.17, 15) is 0 Å². The van der Waals surface area contributed by atoms with Gasteiger partial charge in [0.15, 0.2) is 0 Å². The fraction of sp³-hybridized carbons (Fsp3) is 0.647. The van der Waals surface area contributed by atoms with Crippen molar-refractivity contribution in [2.75, 3.05) is 13.1 Å². The highest BCUT2D eigenvalue weighted by Crippen LogP contribution is 2.19. The van der Waals surface area contributed by atoms with Gasteiger partial charge in [0.25, 0.3) is 0 Å². The van der Waals surface area contributed by atoms with Crippen LogP contribution in [0.2, 0.25) is 0 Å². The van der Waals surface area contributed by atoms with Crippen LogP contribution in [-0.4, -0.2) is 19.1 Å². The zero-order valence-electron chi connectivity index (χ0n) is 12.9. The normalized spacial score (nSPS) is 13.5. The van der Waals surface area contributed by atoms with Gasteiger partial charge < -0.3 is 11.1 Å². The molecule has 0 heterocycles. The van der Waals surface area contributed by atoms with Crippen molar-refractivity contribution in [1.82, 2.24) is 5.32 Å². The molecule has 0 spiro atoms. The van der Waals surface area contributed by atoms with Crippen molar-refractivity contribution in [1.29, 1.82) is 0 Å². The van der Waals surface area contributed by atoms with Crippen LogP contribution < -0.4 is 11.1 Å². The minimum Gasteiger partial charge on any atom is -0.326 e. The average Bonchev–Trinajstić information content (AvgIpc) is 2.34. The molecule has 1 atom stereocenters. The standard InChI is InChI=1S/C17H30N2/c1-13(2)17(14(3)4)12-19-11-16(18)10-15-8-6-5-7-9-15/h5-9,13-14,16-17,19H,10-12,18H2,1-4H3. The van der Waals surface area contributed by atoms with Gasteiger partial charge in [-0.25, -0.2) is 0 Å². The van der Waals surface area contributed by atoms with E-state index in [0.717, 1.165) is 37.3 Å². The van der Waals surface area contributed by atoms with Gasteiger partial charge >= 0.3 is 0 Å². The van der Waals surface area contributed by atoms with Crippen molar-refractivity contribution in [2.45, 2.75) is 40.2 Å². The largest absolute Gasteiger partial charge is 0.326 e. The molecule has 2 nitrogen and oxygen atoms in total. The van der Waals surface area contributed by atoms with Gasteiger partial charge in [0.2, 0.25) is 0 Å². The van der Waals surface area contributed by atoms with E-state index < -0.39 is 0 Å². The van der Waals surface area contributed by atoms with E-state index in [2.05, 4.69) is 57.3 Å². The monoisotopic (exact) mass is 262 g/mol. The SMILES string of the molecule is CC(C)C(CNCC(N)Cc1ccccc1)C(C)C. The predicted octanol–water partition coefficient (Wildman–Crippen LogP) is 3.07. The molecule has 1 unspecified atom stereocenters. The molecule has 0 aliphatic carbocycles. The van der Waals surface area contributed by atoms with Gasteiger partial charge in [-0.2, -0.15) is 0 Å². The van der Waals surface area contributed by atoms with Crippen molar-refractivity contribution in [3.05, 3.63) is 35.9 Å². The summed E-state index contributed by atoms with van der Waals surface area (Å²) < 4.78 is 0. The van der Waals surface area contributed by atoms with Gasteiger partial charge in [-0.05, 0) is 36.3 Å². The molecule has 0 fully saturated rings. The van der Waals surface area contributed by atoms with E-state index in [4.69, 9.17) is 5.73 Å². The third-order valence-corrected chi connectivity index (χ3v) is 3.84. The van der Waals surface area contributed by atoms with E-state index in [1.165, 1.54) is 5.56 Å². The Morgan fingerprint density at radius 2 is 1.53 bits per heavy atom. The molecule has 0 radical (unpaired) electrons. The van der Waals surface area contributed by atoms with Crippen molar-refractivity contribution < 1.29 is 0 Å². The number of rotatable bonds is 8. The molecule has 1 aromatic carbocycles. The summed E-state index contributed by atoms with van der Waals surface area (Å²) in [5.74, 6) is 2.17. The third kappa shape index (κ3) is 6.22. The maximum absolute atomic E-state index is 6.18. The number of hydrogen-bond acceptors (Lipinski definition) is 2. The molecule has 0 bridgehead atoms. The Morgan fingerprint density at radius 3 is 2.05 bits per heavy atom. The first kappa shape index (κ1) is 16.2. The Morgan fingerprint density at radius 1 is 0.947 bits per heavy atom.